The van der Waals surface area contributed by atoms with E-state index in [0.717, 1.165) is 5.56 Å². The van der Waals surface area contributed by atoms with E-state index in [1.54, 1.807) is 27.7 Å². The molecule has 0 aromatic heterocycles. The van der Waals surface area contributed by atoms with Crippen LogP contribution < -0.4 is 0 Å². The zero-order valence-corrected chi connectivity index (χ0v) is 18.3. The summed E-state index contributed by atoms with van der Waals surface area (Å²) in [5, 5.41) is 0. The van der Waals surface area contributed by atoms with Gasteiger partial charge in [-0.1, -0.05) is 36.4 Å². The zero-order valence-electron chi connectivity index (χ0n) is 18.3. The first-order valence-corrected chi connectivity index (χ1v) is 10.4. The van der Waals surface area contributed by atoms with E-state index < -0.39 is 40.4 Å². The van der Waals surface area contributed by atoms with E-state index in [-0.39, 0.29) is 13.0 Å². The number of rotatable bonds is 5. The number of Topliss-reactive ketones (excluding diaryl/α,β-unsaturated/α-hetero) is 1. The lowest BCUT2D eigenvalue weighted by Crippen LogP contribution is -2.59. The van der Waals surface area contributed by atoms with Gasteiger partial charge in [0, 0.05) is 6.42 Å². The van der Waals surface area contributed by atoms with Gasteiger partial charge in [0.15, 0.2) is 5.78 Å². The molecule has 3 rings (SSSR count). The van der Waals surface area contributed by atoms with E-state index >= 15 is 0 Å². The van der Waals surface area contributed by atoms with Crippen molar-refractivity contribution in [3.63, 3.8) is 0 Å². The number of ether oxygens (including phenoxy) is 3. The van der Waals surface area contributed by atoms with Crippen LogP contribution in [0.3, 0.4) is 0 Å². The summed E-state index contributed by atoms with van der Waals surface area (Å²) in [6.07, 6.45) is 2.96. The third-order valence-corrected chi connectivity index (χ3v) is 5.40. The maximum atomic E-state index is 13.5. The van der Waals surface area contributed by atoms with Gasteiger partial charge in [0.2, 0.25) is 5.60 Å². The molecule has 2 aliphatic heterocycles. The van der Waals surface area contributed by atoms with Crippen molar-refractivity contribution < 1.29 is 28.6 Å². The predicted molar refractivity (Wildman–Crippen MR) is 111 cm³/mol. The van der Waals surface area contributed by atoms with Crippen LogP contribution in [0.25, 0.3) is 0 Å². The number of fused-ring (bicyclic) bond motifs is 2. The Morgan fingerprint density at radius 3 is 2.50 bits per heavy atom. The molecule has 2 fully saturated rings. The van der Waals surface area contributed by atoms with Crippen LogP contribution in [0.4, 0.5) is 0 Å². The molecule has 1 aromatic rings. The SMILES string of the molecule is CCOC(=O)[C@H]1C[C@]2(C)C/C(=C\Cc3ccccc3)[C@@](C(=O)OC(C)(C)C)(O2)C1=O. The molecular weight excluding hydrogens is 384 g/mol. The molecule has 2 bridgehead atoms. The number of hydrogen-bond acceptors (Lipinski definition) is 6. The fourth-order valence-corrected chi connectivity index (χ4v) is 4.22. The smallest absolute Gasteiger partial charge is 0.351 e. The van der Waals surface area contributed by atoms with Gasteiger partial charge in [-0.2, -0.15) is 0 Å². The molecule has 0 saturated carbocycles. The van der Waals surface area contributed by atoms with Crippen LogP contribution in [0.1, 0.15) is 53.0 Å². The number of ketones is 1. The summed E-state index contributed by atoms with van der Waals surface area (Å²) >= 11 is 0. The second-order valence-corrected chi connectivity index (χ2v) is 9.20. The van der Waals surface area contributed by atoms with Gasteiger partial charge < -0.3 is 14.2 Å². The molecule has 0 aliphatic carbocycles. The maximum Gasteiger partial charge on any atom is 0.351 e. The van der Waals surface area contributed by atoms with Gasteiger partial charge in [-0.05, 0) is 58.6 Å². The highest BCUT2D eigenvalue weighted by Crippen LogP contribution is 2.52. The van der Waals surface area contributed by atoms with Gasteiger partial charge in [-0.15, -0.1) is 0 Å². The fourth-order valence-electron chi connectivity index (χ4n) is 4.22. The van der Waals surface area contributed by atoms with Crippen LogP contribution in [0.15, 0.2) is 42.0 Å². The Labute approximate surface area is 177 Å². The van der Waals surface area contributed by atoms with Gasteiger partial charge >= 0.3 is 11.9 Å². The number of carbonyl (C=O) groups is 3. The first-order chi connectivity index (χ1) is 14.0. The van der Waals surface area contributed by atoms with Crippen LogP contribution in [0, 0.1) is 5.92 Å². The van der Waals surface area contributed by atoms with E-state index in [1.165, 1.54) is 0 Å². The van der Waals surface area contributed by atoms with Gasteiger partial charge in [-0.25, -0.2) is 4.79 Å². The van der Waals surface area contributed by atoms with Gasteiger partial charge in [0.25, 0.3) is 0 Å². The average molecular weight is 414 g/mol. The third-order valence-electron chi connectivity index (χ3n) is 5.40. The summed E-state index contributed by atoms with van der Waals surface area (Å²) < 4.78 is 16.9. The van der Waals surface area contributed by atoms with Crippen LogP contribution in [-0.2, 0) is 35.0 Å². The number of hydrogen-bond donors (Lipinski definition) is 0. The Hall–Kier alpha value is -2.47. The highest BCUT2D eigenvalue weighted by molar-refractivity contribution is 6.18. The normalized spacial score (nSPS) is 29.7. The average Bonchev–Trinajstić information content (AvgIpc) is 2.93. The van der Waals surface area contributed by atoms with Crippen LogP contribution in [0.5, 0.6) is 0 Å². The standard InChI is InChI=1S/C24H30O6/c1-6-28-20(26)18-15-23(5)14-17(13-12-16-10-8-7-9-11-16)24(30-23,19(18)25)21(27)29-22(2,3)4/h7-11,13,18H,6,12,14-15H2,1-5H3/b17-13+/t18-,23-,24+/m0/s1. The summed E-state index contributed by atoms with van der Waals surface area (Å²) in [5.74, 6) is -3.03. The Bertz CT molecular complexity index is 865. The first-order valence-electron chi connectivity index (χ1n) is 10.4. The molecule has 2 heterocycles. The molecule has 3 atom stereocenters. The minimum atomic E-state index is -1.91. The highest BCUT2D eigenvalue weighted by atomic mass is 16.6. The highest BCUT2D eigenvalue weighted by Gasteiger charge is 2.68. The number of carbonyl (C=O) groups excluding carboxylic acids is 3. The van der Waals surface area contributed by atoms with E-state index in [4.69, 9.17) is 14.2 Å². The fraction of sp³-hybridized carbons (Fsp3) is 0.542. The lowest BCUT2D eigenvalue weighted by molar-refractivity contribution is -0.201. The monoisotopic (exact) mass is 414 g/mol. The lowest BCUT2D eigenvalue weighted by Gasteiger charge is -2.39. The van der Waals surface area contributed by atoms with E-state index in [2.05, 4.69) is 0 Å². The molecule has 0 N–H and O–H groups in total. The molecule has 2 aliphatic rings. The molecule has 162 valence electrons. The predicted octanol–water partition coefficient (Wildman–Crippen LogP) is 3.57. The summed E-state index contributed by atoms with van der Waals surface area (Å²) in [6, 6.07) is 9.75. The van der Waals surface area contributed by atoms with Gasteiger partial charge in [-0.3, -0.25) is 9.59 Å². The third kappa shape index (κ3) is 4.19. The molecule has 0 radical (unpaired) electrons. The van der Waals surface area contributed by atoms with E-state index in [1.807, 2.05) is 43.3 Å². The van der Waals surface area contributed by atoms with E-state index in [0.29, 0.717) is 18.4 Å². The van der Waals surface area contributed by atoms with Crippen molar-refractivity contribution in [3.05, 3.63) is 47.5 Å². The Kier molecular flexibility index (Phi) is 5.92. The molecule has 2 saturated heterocycles. The topological polar surface area (TPSA) is 78.9 Å². The zero-order chi connectivity index (χ0) is 22.2. The quantitative estimate of drug-likeness (QED) is 0.416. The van der Waals surface area contributed by atoms with Crippen molar-refractivity contribution in [2.24, 2.45) is 5.92 Å². The summed E-state index contributed by atoms with van der Waals surface area (Å²) in [7, 11) is 0. The van der Waals surface area contributed by atoms with Crippen molar-refractivity contribution in [3.8, 4) is 0 Å². The van der Waals surface area contributed by atoms with Crippen LogP contribution in [-0.4, -0.2) is 41.1 Å². The Morgan fingerprint density at radius 1 is 1.23 bits per heavy atom. The summed E-state index contributed by atoms with van der Waals surface area (Å²) in [5.41, 5.74) is -1.95. The molecule has 0 amide bonds. The molecule has 0 spiro atoms. The first kappa shape index (κ1) is 22.2. The molecule has 1 aromatic carbocycles. The largest absolute Gasteiger partial charge is 0.465 e. The summed E-state index contributed by atoms with van der Waals surface area (Å²) in [4.78, 5) is 39.4. The van der Waals surface area contributed by atoms with Crippen molar-refractivity contribution in [2.45, 2.75) is 70.7 Å². The summed E-state index contributed by atoms with van der Waals surface area (Å²) in [6.45, 7) is 8.88. The van der Waals surface area contributed by atoms with Crippen molar-refractivity contribution in [1.82, 2.24) is 0 Å². The minimum Gasteiger partial charge on any atom is -0.465 e. The number of benzene rings is 1. The number of esters is 2. The van der Waals surface area contributed by atoms with Crippen LogP contribution >= 0.6 is 0 Å². The second kappa shape index (κ2) is 7.99. The van der Waals surface area contributed by atoms with Crippen molar-refractivity contribution in [2.75, 3.05) is 6.61 Å². The second-order valence-electron chi connectivity index (χ2n) is 9.20. The lowest BCUT2D eigenvalue weighted by atomic mass is 9.81. The van der Waals surface area contributed by atoms with E-state index in [9.17, 15) is 14.4 Å². The maximum absolute atomic E-state index is 13.5. The Morgan fingerprint density at radius 2 is 1.90 bits per heavy atom. The number of allylic oxidation sites excluding steroid dienone is 1. The molecule has 30 heavy (non-hydrogen) atoms. The molecule has 6 nitrogen and oxygen atoms in total. The minimum absolute atomic E-state index is 0.163. The molecule has 0 unspecified atom stereocenters. The Balaban J connectivity index is 2.05. The van der Waals surface area contributed by atoms with Gasteiger partial charge in [0.1, 0.15) is 11.5 Å². The van der Waals surface area contributed by atoms with Gasteiger partial charge in [0.05, 0.1) is 12.2 Å². The van der Waals surface area contributed by atoms with Crippen LogP contribution in [0.2, 0.25) is 0 Å². The molecule has 6 heteroatoms. The van der Waals surface area contributed by atoms with Crippen molar-refractivity contribution >= 4 is 17.7 Å². The van der Waals surface area contributed by atoms with Crippen molar-refractivity contribution in [1.29, 1.82) is 0 Å². The molecular formula is C24H30O6.